The Morgan fingerprint density at radius 1 is 1.36 bits per heavy atom. The van der Waals surface area contributed by atoms with E-state index in [4.69, 9.17) is 4.74 Å². The lowest BCUT2D eigenvalue weighted by Gasteiger charge is -2.19. The number of carbonyl (C=O) groups is 2. The summed E-state index contributed by atoms with van der Waals surface area (Å²) in [7, 11) is 1.52. The third-order valence-corrected chi connectivity index (χ3v) is 4.72. The first-order valence-electron chi connectivity index (χ1n) is 8.63. The van der Waals surface area contributed by atoms with E-state index in [9.17, 15) is 19.7 Å². The highest BCUT2D eigenvalue weighted by Crippen LogP contribution is 2.45. The van der Waals surface area contributed by atoms with E-state index in [0.717, 1.165) is 0 Å². The topological polar surface area (TPSA) is 115 Å². The fourth-order valence-corrected chi connectivity index (χ4v) is 3.20. The molecule has 3 rings (SSSR count). The van der Waals surface area contributed by atoms with Gasteiger partial charge in [-0.25, -0.2) is 0 Å². The van der Waals surface area contributed by atoms with Crippen molar-refractivity contribution in [2.75, 3.05) is 30.5 Å². The van der Waals surface area contributed by atoms with Crippen molar-refractivity contribution in [2.45, 2.75) is 19.3 Å². The molecule has 0 bridgehead atoms. The van der Waals surface area contributed by atoms with Gasteiger partial charge in [0.25, 0.3) is 11.6 Å². The molecule has 2 aromatic rings. The number of rotatable bonds is 6. The Labute approximate surface area is 161 Å². The summed E-state index contributed by atoms with van der Waals surface area (Å²) < 4.78 is 5.05. The molecule has 1 aliphatic rings. The molecule has 0 atom stereocenters. The molecule has 0 aliphatic carbocycles. The summed E-state index contributed by atoms with van der Waals surface area (Å²) in [6, 6.07) is 7.64. The van der Waals surface area contributed by atoms with Crippen LogP contribution < -0.4 is 10.2 Å². The van der Waals surface area contributed by atoms with Crippen LogP contribution in [0.4, 0.5) is 17.1 Å². The van der Waals surface area contributed by atoms with Gasteiger partial charge < -0.3 is 15.0 Å². The number of pyridine rings is 1. The molecular formula is C19H20N4O5. The number of methoxy groups -OCH3 is 1. The van der Waals surface area contributed by atoms with Crippen molar-refractivity contribution in [3.8, 4) is 0 Å². The molecule has 0 radical (unpaired) electrons. The van der Waals surface area contributed by atoms with E-state index in [1.807, 2.05) is 0 Å². The van der Waals surface area contributed by atoms with E-state index in [1.165, 1.54) is 36.4 Å². The Bertz CT molecular complexity index is 943. The number of amides is 2. The van der Waals surface area contributed by atoms with Gasteiger partial charge in [-0.3, -0.25) is 24.7 Å². The molecule has 0 saturated carbocycles. The highest BCUT2D eigenvalue weighted by atomic mass is 16.6. The Kier molecular flexibility index (Phi) is 5.10. The molecule has 0 saturated heterocycles. The van der Waals surface area contributed by atoms with E-state index in [1.54, 1.807) is 26.0 Å². The molecule has 146 valence electrons. The van der Waals surface area contributed by atoms with Gasteiger partial charge in [-0.1, -0.05) is 6.07 Å². The Morgan fingerprint density at radius 3 is 2.71 bits per heavy atom. The summed E-state index contributed by atoms with van der Waals surface area (Å²) in [4.78, 5) is 41.7. The summed E-state index contributed by atoms with van der Waals surface area (Å²) in [5.74, 6) is -0.746. The van der Waals surface area contributed by atoms with Gasteiger partial charge in [0, 0.05) is 25.9 Å². The lowest BCUT2D eigenvalue weighted by atomic mass is 9.85. The molecule has 0 spiro atoms. The number of hydrogen-bond donors (Lipinski definition) is 1. The fourth-order valence-electron chi connectivity index (χ4n) is 3.20. The molecule has 0 fully saturated rings. The van der Waals surface area contributed by atoms with E-state index in [2.05, 4.69) is 10.3 Å². The molecule has 9 nitrogen and oxygen atoms in total. The van der Waals surface area contributed by atoms with Crippen LogP contribution >= 0.6 is 0 Å². The van der Waals surface area contributed by atoms with Gasteiger partial charge in [0.2, 0.25) is 5.91 Å². The number of nitrogens with zero attached hydrogens (tertiary/aromatic N) is 3. The SMILES string of the molecule is COCCN1C(=O)C(C)(C)c2cc(NC(=O)c3ccccn3)c([N+](=O)[O-])cc21. The van der Waals surface area contributed by atoms with Crippen LogP contribution in [0.2, 0.25) is 0 Å². The first-order valence-corrected chi connectivity index (χ1v) is 8.63. The van der Waals surface area contributed by atoms with Crippen LogP contribution in [0.3, 0.4) is 0 Å². The summed E-state index contributed by atoms with van der Waals surface area (Å²) in [6.45, 7) is 4.07. The molecule has 2 heterocycles. The number of nitro groups is 1. The zero-order valence-electron chi connectivity index (χ0n) is 15.8. The first kappa shape index (κ1) is 19.4. The van der Waals surface area contributed by atoms with E-state index >= 15 is 0 Å². The van der Waals surface area contributed by atoms with E-state index < -0.39 is 16.2 Å². The summed E-state index contributed by atoms with van der Waals surface area (Å²) >= 11 is 0. The molecule has 1 N–H and O–H groups in total. The zero-order chi connectivity index (χ0) is 20.5. The number of aromatic nitrogens is 1. The number of nitrogens with one attached hydrogen (secondary N) is 1. The van der Waals surface area contributed by atoms with Gasteiger partial charge in [-0.15, -0.1) is 0 Å². The number of nitro benzene ring substituents is 1. The standard InChI is InChI=1S/C19H20N4O5/c1-19(2)12-10-14(21-17(24)13-6-4-5-7-20-13)16(23(26)27)11-15(12)22(18(19)25)8-9-28-3/h4-7,10-11H,8-9H2,1-3H3,(H,21,24). The van der Waals surface area contributed by atoms with Gasteiger partial charge in [-0.05, 0) is 37.6 Å². The minimum absolute atomic E-state index is 0.0221. The average Bonchev–Trinajstić information content (AvgIpc) is 2.86. The Morgan fingerprint density at radius 2 is 2.11 bits per heavy atom. The summed E-state index contributed by atoms with van der Waals surface area (Å²) in [5.41, 5.74) is 0.0344. The zero-order valence-corrected chi connectivity index (χ0v) is 15.8. The van der Waals surface area contributed by atoms with E-state index in [-0.39, 0.29) is 29.5 Å². The van der Waals surface area contributed by atoms with Gasteiger partial charge in [0.1, 0.15) is 11.4 Å². The van der Waals surface area contributed by atoms with Crippen molar-refractivity contribution in [3.05, 3.63) is 57.9 Å². The maximum Gasteiger partial charge on any atom is 0.294 e. The second kappa shape index (κ2) is 7.35. The lowest BCUT2D eigenvalue weighted by molar-refractivity contribution is -0.383. The van der Waals surface area contributed by atoms with Gasteiger partial charge >= 0.3 is 0 Å². The predicted octanol–water partition coefficient (Wildman–Crippen LogP) is 2.51. The van der Waals surface area contributed by atoms with Crippen LogP contribution in [0, 0.1) is 10.1 Å². The number of anilines is 2. The molecule has 1 aromatic carbocycles. The van der Waals surface area contributed by atoms with Crippen LogP contribution in [0.5, 0.6) is 0 Å². The first-order chi connectivity index (χ1) is 13.3. The van der Waals surface area contributed by atoms with Gasteiger partial charge in [0.05, 0.1) is 22.6 Å². The van der Waals surface area contributed by atoms with Crippen LogP contribution in [0.1, 0.15) is 29.9 Å². The minimum Gasteiger partial charge on any atom is -0.383 e. The average molecular weight is 384 g/mol. The fraction of sp³-hybridized carbons (Fsp3) is 0.316. The Balaban J connectivity index is 2.06. The van der Waals surface area contributed by atoms with E-state index in [0.29, 0.717) is 17.9 Å². The smallest absolute Gasteiger partial charge is 0.294 e. The molecule has 2 amide bonds. The quantitative estimate of drug-likeness (QED) is 0.604. The Hall–Kier alpha value is -3.33. The number of benzene rings is 1. The van der Waals surface area contributed by atoms with Crippen LogP contribution in [0.15, 0.2) is 36.5 Å². The predicted molar refractivity (Wildman–Crippen MR) is 103 cm³/mol. The molecule has 1 aromatic heterocycles. The minimum atomic E-state index is -0.886. The number of hydrogen-bond acceptors (Lipinski definition) is 6. The van der Waals surface area contributed by atoms with Crippen molar-refractivity contribution in [1.82, 2.24) is 4.98 Å². The lowest BCUT2D eigenvalue weighted by Crippen LogP contribution is -2.37. The highest BCUT2D eigenvalue weighted by molar-refractivity contribution is 6.10. The largest absolute Gasteiger partial charge is 0.383 e. The molecule has 1 aliphatic heterocycles. The number of fused-ring (bicyclic) bond motifs is 1. The second-order valence-corrected chi connectivity index (χ2v) is 6.89. The second-order valence-electron chi connectivity index (χ2n) is 6.89. The number of carbonyl (C=O) groups excluding carboxylic acids is 2. The van der Waals surface area contributed by atoms with Gasteiger partial charge in [0.15, 0.2) is 0 Å². The molecule has 0 unspecified atom stereocenters. The highest BCUT2D eigenvalue weighted by Gasteiger charge is 2.45. The maximum atomic E-state index is 12.8. The van der Waals surface area contributed by atoms with Crippen molar-refractivity contribution in [2.24, 2.45) is 0 Å². The van der Waals surface area contributed by atoms with Gasteiger partial charge in [-0.2, -0.15) is 0 Å². The van der Waals surface area contributed by atoms with Crippen molar-refractivity contribution >= 4 is 28.9 Å². The van der Waals surface area contributed by atoms with Crippen LogP contribution in [-0.4, -0.2) is 42.0 Å². The molecule has 28 heavy (non-hydrogen) atoms. The third-order valence-electron chi connectivity index (χ3n) is 4.72. The summed E-state index contributed by atoms with van der Waals surface area (Å²) in [5, 5.41) is 14.2. The van der Waals surface area contributed by atoms with Crippen LogP contribution in [0.25, 0.3) is 0 Å². The number of ether oxygens (including phenoxy) is 1. The monoisotopic (exact) mass is 384 g/mol. The maximum absolute atomic E-state index is 12.8. The molecular weight excluding hydrogens is 364 g/mol. The van der Waals surface area contributed by atoms with Crippen molar-refractivity contribution in [1.29, 1.82) is 0 Å². The normalized spacial score (nSPS) is 14.7. The van der Waals surface area contributed by atoms with Crippen LogP contribution in [-0.2, 0) is 14.9 Å². The van der Waals surface area contributed by atoms with Crippen molar-refractivity contribution < 1.29 is 19.2 Å². The molecule has 9 heteroatoms. The summed E-state index contributed by atoms with van der Waals surface area (Å²) in [6.07, 6.45) is 1.46. The van der Waals surface area contributed by atoms with Crippen molar-refractivity contribution in [3.63, 3.8) is 0 Å². The third kappa shape index (κ3) is 3.31.